The molecule has 0 aliphatic rings. The molecule has 0 aromatic heterocycles. The predicted octanol–water partition coefficient (Wildman–Crippen LogP) is 11.2. The van der Waals surface area contributed by atoms with Gasteiger partial charge >= 0.3 is 0 Å². The molecule has 0 heterocycles. The van der Waals surface area contributed by atoms with E-state index in [2.05, 4.69) is 60.6 Å². The van der Waals surface area contributed by atoms with Crippen LogP contribution in [0.2, 0.25) is 0 Å². The fourth-order valence-corrected chi connectivity index (χ4v) is 5.32. The lowest BCUT2D eigenvalue weighted by molar-refractivity contribution is 0.421. The molecule has 0 spiro atoms. The molecule has 1 aromatic carbocycles. The van der Waals surface area contributed by atoms with Crippen LogP contribution in [-0.2, 0) is 10.8 Å². The van der Waals surface area contributed by atoms with Crippen molar-refractivity contribution in [3.63, 3.8) is 0 Å². The molecule has 0 amide bonds. The molecule has 0 saturated carbocycles. The molecule has 0 bridgehead atoms. The van der Waals surface area contributed by atoms with Gasteiger partial charge in [-0.2, -0.15) is 0 Å². The summed E-state index contributed by atoms with van der Waals surface area (Å²) in [5.41, 5.74) is 3.34. The van der Waals surface area contributed by atoms with E-state index >= 15 is 0 Å². The zero-order valence-electron chi connectivity index (χ0n) is 23.9. The van der Waals surface area contributed by atoms with Crippen LogP contribution in [0.1, 0.15) is 167 Å². The van der Waals surface area contributed by atoms with Crippen LogP contribution in [-0.4, -0.2) is 11.0 Å². The monoisotopic (exact) mass is 492 g/mol. The maximum Gasteiger partial charge on any atom is 0.123 e. The summed E-state index contributed by atoms with van der Waals surface area (Å²) in [6.07, 6.45) is 20.3. The maximum atomic E-state index is 11.1. The van der Waals surface area contributed by atoms with Crippen molar-refractivity contribution in [3.8, 4) is 5.75 Å². The van der Waals surface area contributed by atoms with Gasteiger partial charge in [0.1, 0.15) is 5.75 Å². The van der Waals surface area contributed by atoms with E-state index in [1.54, 1.807) is 0 Å². The van der Waals surface area contributed by atoms with E-state index in [0.29, 0.717) is 17.5 Å². The van der Waals surface area contributed by atoms with Crippen molar-refractivity contribution in [2.75, 3.05) is 5.88 Å². The van der Waals surface area contributed by atoms with E-state index in [1.807, 2.05) is 0 Å². The Morgan fingerprint density at radius 1 is 0.647 bits per heavy atom. The Labute approximate surface area is 218 Å². The predicted molar refractivity (Wildman–Crippen MR) is 154 cm³/mol. The number of hydrogen-bond acceptors (Lipinski definition) is 1. The standard InChI is InChI=1S/C32H57ClO/c1-8-9-10-11-12-13-14-15-16-17-18-19-20-21-26(22-23-33)27-24-28(31(2,3)4)30(34)29(25-27)32(5,6)7/h24-26,34H,8-23H2,1-7H3. The molecule has 1 rings (SSSR count). The van der Waals surface area contributed by atoms with Crippen molar-refractivity contribution in [1.82, 2.24) is 0 Å². The van der Waals surface area contributed by atoms with E-state index in [4.69, 9.17) is 11.6 Å². The van der Waals surface area contributed by atoms with Crippen molar-refractivity contribution in [2.24, 2.45) is 0 Å². The number of rotatable bonds is 17. The highest BCUT2D eigenvalue weighted by atomic mass is 35.5. The van der Waals surface area contributed by atoms with Crippen LogP contribution < -0.4 is 0 Å². The lowest BCUT2D eigenvalue weighted by Crippen LogP contribution is -2.18. The van der Waals surface area contributed by atoms with Crippen molar-refractivity contribution in [2.45, 2.75) is 162 Å². The molecular weight excluding hydrogens is 436 g/mol. The number of hydrogen-bond donors (Lipinski definition) is 1. The van der Waals surface area contributed by atoms with E-state index in [9.17, 15) is 5.11 Å². The smallest absolute Gasteiger partial charge is 0.123 e. The first-order valence-electron chi connectivity index (χ1n) is 14.5. The van der Waals surface area contributed by atoms with Gasteiger partial charge in [0.2, 0.25) is 0 Å². The van der Waals surface area contributed by atoms with Crippen molar-refractivity contribution in [1.29, 1.82) is 0 Å². The molecule has 1 unspecified atom stereocenters. The Morgan fingerprint density at radius 2 is 1.03 bits per heavy atom. The molecule has 0 aliphatic carbocycles. The third-order valence-electron chi connectivity index (χ3n) is 7.33. The van der Waals surface area contributed by atoms with Crippen molar-refractivity contribution in [3.05, 3.63) is 28.8 Å². The summed E-state index contributed by atoms with van der Waals surface area (Å²) >= 11 is 6.25. The first-order valence-corrected chi connectivity index (χ1v) is 15.0. The Morgan fingerprint density at radius 3 is 1.38 bits per heavy atom. The number of unbranched alkanes of at least 4 members (excludes halogenated alkanes) is 12. The minimum Gasteiger partial charge on any atom is -0.507 e. The number of phenols is 1. The summed E-state index contributed by atoms with van der Waals surface area (Å²) in [6, 6.07) is 4.54. The molecule has 1 aromatic rings. The zero-order valence-corrected chi connectivity index (χ0v) is 24.6. The molecule has 1 N–H and O–H groups in total. The first kappa shape index (κ1) is 31.3. The summed E-state index contributed by atoms with van der Waals surface area (Å²) in [7, 11) is 0. The molecule has 1 atom stereocenters. The second kappa shape index (κ2) is 16.1. The lowest BCUT2D eigenvalue weighted by Gasteiger charge is -2.30. The minimum absolute atomic E-state index is 0.0822. The van der Waals surface area contributed by atoms with Crippen LogP contribution in [0.5, 0.6) is 5.75 Å². The lowest BCUT2D eigenvalue weighted by atomic mass is 9.76. The Hall–Kier alpha value is -0.690. The average molecular weight is 493 g/mol. The number of phenolic OH excluding ortho intramolecular Hbond substituents is 1. The first-order chi connectivity index (χ1) is 16.0. The molecule has 0 fully saturated rings. The fourth-order valence-electron chi connectivity index (χ4n) is 5.05. The van der Waals surface area contributed by atoms with Gasteiger partial charge in [-0.15, -0.1) is 11.6 Å². The topological polar surface area (TPSA) is 20.2 Å². The second-order valence-corrected chi connectivity index (χ2v) is 13.0. The Balaban J connectivity index is 2.54. The molecule has 34 heavy (non-hydrogen) atoms. The number of alkyl halides is 1. The van der Waals surface area contributed by atoms with E-state index in [1.165, 1.54) is 95.5 Å². The Bertz CT molecular complexity index is 630. The van der Waals surface area contributed by atoms with Gasteiger partial charge in [0.15, 0.2) is 0 Å². The quantitative estimate of drug-likeness (QED) is 0.169. The third kappa shape index (κ3) is 11.8. The summed E-state index contributed by atoms with van der Waals surface area (Å²) < 4.78 is 0. The largest absolute Gasteiger partial charge is 0.507 e. The summed E-state index contributed by atoms with van der Waals surface area (Å²) in [4.78, 5) is 0. The van der Waals surface area contributed by atoms with Crippen molar-refractivity contribution >= 4 is 11.6 Å². The van der Waals surface area contributed by atoms with Gasteiger partial charge in [-0.25, -0.2) is 0 Å². The highest BCUT2D eigenvalue weighted by Crippen LogP contribution is 2.42. The molecule has 0 aliphatic heterocycles. The Kier molecular flexibility index (Phi) is 14.9. The van der Waals surface area contributed by atoms with Gasteiger partial charge in [0.25, 0.3) is 0 Å². The molecule has 1 nitrogen and oxygen atoms in total. The fraction of sp³-hybridized carbons (Fsp3) is 0.812. The van der Waals surface area contributed by atoms with Crippen LogP contribution in [0, 0.1) is 0 Å². The number of benzene rings is 1. The van der Waals surface area contributed by atoms with Crippen LogP contribution >= 0.6 is 11.6 Å². The average Bonchev–Trinajstić information content (AvgIpc) is 2.74. The van der Waals surface area contributed by atoms with Gasteiger partial charge in [-0.05, 0) is 46.3 Å². The van der Waals surface area contributed by atoms with Crippen LogP contribution in [0.3, 0.4) is 0 Å². The highest BCUT2D eigenvalue weighted by molar-refractivity contribution is 6.17. The van der Waals surface area contributed by atoms with E-state index in [-0.39, 0.29) is 10.8 Å². The van der Waals surface area contributed by atoms with Gasteiger partial charge in [-0.3, -0.25) is 0 Å². The summed E-state index contributed by atoms with van der Waals surface area (Å²) in [5, 5.41) is 11.1. The van der Waals surface area contributed by atoms with Gasteiger partial charge in [0, 0.05) is 5.88 Å². The zero-order chi connectivity index (χ0) is 25.6. The van der Waals surface area contributed by atoms with Crippen LogP contribution in [0.4, 0.5) is 0 Å². The molecule has 198 valence electrons. The molecule has 0 saturated heterocycles. The van der Waals surface area contributed by atoms with Crippen molar-refractivity contribution < 1.29 is 5.11 Å². The molecule has 2 heteroatoms. The van der Waals surface area contributed by atoms with E-state index in [0.717, 1.165) is 17.5 Å². The number of aromatic hydroxyl groups is 1. The maximum absolute atomic E-state index is 11.1. The summed E-state index contributed by atoms with van der Waals surface area (Å²) in [5.74, 6) is 1.65. The number of halogens is 1. The second-order valence-electron chi connectivity index (χ2n) is 12.7. The van der Waals surface area contributed by atoms with Gasteiger partial charge in [-0.1, -0.05) is 144 Å². The van der Waals surface area contributed by atoms with E-state index < -0.39 is 0 Å². The van der Waals surface area contributed by atoms with Gasteiger partial charge in [0.05, 0.1) is 0 Å². The third-order valence-corrected chi connectivity index (χ3v) is 7.55. The SMILES string of the molecule is CCCCCCCCCCCCCCCC(CCCl)c1cc(C(C)(C)C)c(O)c(C(C)(C)C)c1. The minimum atomic E-state index is -0.0822. The summed E-state index contributed by atoms with van der Waals surface area (Å²) in [6.45, 7) is 15.5. The van der Waals surface area contributed by atoms with Crippen LogP contribution in [0.25, 0.3) is 0 Å². The van der Waals surface area contributed by atoms with Gasteiger partial charge < -0.3 is 5.11 Å². The molecular formula is C32H57ClO. The normalized spacial score (nSPS) is 13.4. The molecule has 0 radical (unpaired) electrons. The highest BCUT2D eigenvalue weighted by Gasteiger charge is 2.28. The van der Waals surface area contributed by atoms with Crippen LogP contribution in [0.15, 0.2) is 12.1 Å².